The normalized spacial score (nSPS) is 12.7. The monoisotopic (exact) mass is 271 g/mol. The summed E-state index contributed by atoms with van der Waals surface area (Å²) in [7, 11) is 0. The number of carbonyl (C=O) groups excluding carboxylic acids is 2. The highest BCUT2D eigenvalue weighted by molar-refractivity contribution is 5.87. The van der Waals surface area contributed by atoms with Crippen LogP contribution in [0, 0.1) is 0 Å². The zero-order chi connectivity index (χ0) is 14.3. The number of ether oxygens (including phenoxy) is 1. The van der Waals surface area contributed by atoms with Gasteiger partial charge in [0.15, 0.2) is 0 Å². The Balaban J connectivity index is 4.38. The zero-order valence-electron chi connectivity index (χ0n) is 9.41. The second kappa shape index (κ2) is 6.82. The fraction of sp³-hybridized carbons (Fsp3) is 0.667. The average molecular weight is 271 g/mol. The van der Waals surface area contributed by atoms with Gasteiger partial charge in [-0.15, -0.1) is 0 Å². The van der Waals surface area contributed by atoms with E-state index in [4.69, 9.17) is 5.11 Å². The molecule has 104 valence electrons. The van der Waals surface area contributed by atoms with Crippen LogP contribution >= 0.6 is 0 Å². The van der Waals surface area contributed by atoms with Crippen molar-refractivity contribution in [3.8, 4) is 0 Å². The molecule has 0 radical (unpaired) electrons. The van der Waals surface area contributed by atoms with Gasteiger partial charge in [-0.2, -0.15) is 13.2 Å². The summed E-state index contributed by atoms with van der Waals surface area (Å²) >= 11 is 0. The van der Waals surface area contributed by atoms with Crippen molar-refractivity contribution in [2.45, 2.75) is 32.0 Å². The van der Waals surface area contributed by atoms with E-state index in [0.29, 0.717) is 0 Å². The van der Waals surface area contributed by atoms with Crippen molar-refractivity contribution in [3.63, 3.8) is 0 Å². The van der Waals surface area contributed by atoms with Crippen LogP contribution in [0.4, 0.5) is 13.2 Å². The molecule has 0 bridgehead atoms. The molecule has 0 aliphatic carbocycles. The molecule has 0 aromatic carbocycles. The number of hydrogen-bond acceptors (Lipinski definition) is 4. The number of carbonyl (C=O) groups is 3. The van der Waals surface area contributed by atoms with Gasteiger partial charge in [0.25, 0.3) is 0 Å². The first kappa shape index (κ1) is 16.2. The second-order valence-electron chi connectivity index (χ2n) is 3.21. The molecule has 6 nitrogen and oxygen atoms in total. The van der Waals surface area contributed by atoms with Crippen molar-refractivity contribution in [2.75, 3.05) is 6.61 Å². The largest absolute Gasteiger partial charge is 0.480 e. The zero-order valence-corrected chi connectivity index (χ0v) is 9.41. The van der Waals surface area contributed by atoms with Gasteiger partial charge < -0.3 is 15.2 Å². The van der Waals surface area contributed by atoms with Gasteiger partial charge in [-0.1, -0.05) is 0 Å². The predicted octanol–water partition coefficient (Wildman–Crippen LogP) is 0.461. The Hall–Kier alpha value is -1.80. The topological polar surface area (TPSA) is 92.7 Å². The highest BCUT2D eigenvalue weighted by Crippen LogP contribution is 2.15. The van der Waals surface area contributed by atoms with Gasteiger partial charge in [-0.25, -0.2) is 4.79 Å². The van der Waals surface area contributed by atoms with Crippen molar-refractivity contribution >= 4 is 17.8 Å². The van der Waals surface area contributed by atoms with Crippen molar-refractivity contribution in [3.05, 3.63) is 0 Å². The summed E-state index contributed by atoms with van der Waals surface area (Å²) in [5.41, 5.74) is 0. The van der Waals surface area contributed by atoms with Crippen LogP contribution in [0.5, 0.6) is 0 Å². The van der Waals surface area contributed by atoms with E-state index in [1.807, 2.05) is 0 Å². The lowest BCUT2D eigenvalue weighted by molar-refractivity contribution is -0.175. The second-order valence-corrected chi connectivity index (χ2v) is 3.21. The summed E-state index contributed by atoms with van der Waals surface area (Å²) in [6, 6.07) is -1.79. The Kier molecular flexibility index (Phi) is 6.14. The Bertz CT molecular complexity index is 329. The molecule has 9 heteroatoms. The van der Waals surface area contributed by atoms with E-state index in [9.17, 15) is 27.6 Å². The lowest BCUT2D eigenvalue weighted by Crippen LogP contribution is -2.47. The van der Waals surface area contributed by atoms with Gasteiger partial charge in [-0.05, 0) is 13.3 Å². The van der Waals surface area contributed by atoms with Gasteiger partial charge >= 0.3 is 24.0 Å². The molecule has 0 rings (SSSR count). The number of alkyl halides is 3. The molecular weight excluding hydrogens is 259 g/mol. The van der Waals surface area contributed by atoms with Crippen LogP contribution in [0.3, 0.4) is 0 Å². The number of carboxylic acid groups (broad SMARTS) is 1. The molecule has 2 N–H and O–H groups in total. The first-order valence-electron chi connectivity index (χ1n) is 4.94. The summed E-state index contributed by atoms with van der Waals surface area (Å²) in [4.78, 5) is 32.0. The van der Waals surface area contributed by atoms with E-state index in [1.165, 1.54) is 12.2 Å². The van der Waals surface area contributed by atoms with Crippen molar-refractivity contribution in [1.82, 2.24) is 5.32 Å². The number of rotatable bonds is 6. The van der Waals surface area contributed by atoms with Crippen LogP contribution in [0.15, 0.2) is 0 Å². The Morgan fingerprint density at radius 3 is 2.28 bits per heavy atom. The van der Waals surface area contributed by atoms with Crippen LogP contribution < -0.4 is 5.32 Å². The number of aliphatic carboxylic acids is 1. The third-order valence-corrected chi connectivity index (χ3v) is 1.80. The van der Waals surface area contributed by atoms with E-state index in [2.05, 4.69) is 4.74 Å². The van der Waals surface area contributed by atoms with Gasteiger partial charge in [0.05, 0.1) is 6.61 Å². The number of halogens is 3. The smallest absolute Gasteiger partial charge is 0.471 e. The summed E-state index contributed by atoms with van der Waals surface area (Å²) < 4.78 is 40.2. The predicted molar refractivity (Wildman–Crippen MR) is 51.5 cm³/mol. The molecule has 0 spiro atoms. The number of carboxylic acids is 1. The summed E-state index contributed by atoms with van der Waals surface area (Å²) in [6.07, 6.45) is -6.05. The summed E-state index contributed by atoms with van der Waals surface area (Å²) in [6.45, 7) is 1.60. The molecule has 1 amide bonds. The van der Waals surface area contributed by atoms with E-state index in [-0.39, 0.29) is 6.61 Å². The van der Waals surface area contributed by atoms with E-state index in [1.54, 1.807) is 0 Å². The molecule has 0 aromatic rings. The van der Waals surface area contributed by atoms with Crippen molar-refractivity contribution in [1.29, 1.82) is 0 Å². The SMILES string of the molecule is CCOC(=O)CC[C@@H](NC(=O)C(F)(F)F)C(=O)O. The van der Waals surface area contributed by atoms with E-state index >= 15 is 0 Å². The van der Waals surface area contributed by atoms with Crippen LogP contribution in [0.2, 0.25) is 0 Å². The maximum atomic E-state index is 11.9. The molecule has 0 aliphatic heterocycles. The maximum absolute atomic E-state index is 11.9. The number of nitrogens with one attached hydrogen (secondary N) is 1. The molecule has 0 heterocycles. The first-order valence-corrected chi connectivity index (χ1v) is 4.94. The molecule has 0 fully saturated rings. The third kappa shape index (κ3) is 6.06. The summed E-state index contributed by atoms with van der Waals surface area (Å²) in [5.74, 6) is -4.76. The number of amides is 1. The highest BCUT2D eigenvalue weighted by atomic mass is 19.4. The van der Waals surface area contributed by atoms with E-state index in [0.717, 1.165) is 0 Å². The Morgan fingerprint density at radius 2 is 1.89 bits per heavy atom. The van der Waals surface area contributed by atoms with Crippen LogP contribution in [0.25, 0.3) is 0 Å². The third-order valence-electron chi connectivity index (χ3n) is 1.80. The molecular formula is C9H12F3NO5. The molecule has 0 aliphatic rings. The Labute approximate surface area is 100 Å². The lowest BCUT2D eigenvalue weighted by Gasteiger charge is -2.15. The van der Waals surface area contributed by atoms with Crippen LogP contribution in [-0.4, -0.2) is 41.8 Å². The maximum Gasteiger partial charge on any atom is 0.471 e. The molecule has 1 atom stereocenters. The Morgan fingerprint density at radius 1 is 1.33 bits per heavy atom. The van der Waals surface area contributed by atoms with Crippen LogP contribution in [-0.2, 0) is 19.1 Å². The number of hydrogen-bond donors (Lipinski definition) is 2. The summed E-state index contributed by atoms with van der Waals surface area (Å²) in [5, 5.41) is 9.88. The van der Waals surface area contributed by atoms with Gasteiger partial charge in [-0.3, -0.25) is 9.59 Å². The van der Waals surface area contributed by atoms with Gasteiger partial charge in [0.1, 0.15) is 6.04 Å². The lowest BCUT2D eigenvalue weighted by atomic mass is 10.1. The minimum atomic E-state index is -5.17. The average Bonchev–Trinajstić information content (AvgIpc) is 2.22. The standard InChI is InChI=1S/C9H12F3NO5/c1-2-18-6(14)4-3-5(7(15)16)13-8(17)9(10,11)12/h5H,2-4H2,1H3,(H,13,17)(H,15,16)/t5-/m1/s1. The molecule has 18 heavy (non-hydrogen) atoms. The fourth-order valence-electron chi connectivity index (χ4n) is 0.993. The number of esters is 1. The molecule has 0 aromatic heterocycles. The fourth-order valence-corrected chi connectivity index (χ4v) is 0.993. The van der Waals surface area contributed by atoms with Crippen molar-refractivity contribution < 1.29 is 37.4 Å². The van der Waals surface area contributed by atoms with E-state index < -0.39 is 42.9 Å². The highest BCUT2D eigenvalue weighted by Gasteiger charge is 2.40. The van der Waals surface area contributed by atoms with Gasteiger partial charge in [0.2, 0.25) is 0 Å². The van der Waals surface area contributed by atoms with Crippen LogP contribution in [0.1, 0.15) is 19.8 Å². The minimum absolute atomic E-state index is 0.0749. The molecule has 0 saturated carbocycles. The van der Waals surface area contributed by atoms with Crippen molar-refractivity contribution in [2.24, 2.45) is 0 Å². The minimum Gasteiger partial charge on any atom is -0.480 e. The van der Waals surface area contributed by atoms with Gasteiger partial charge in [0, 0.05) is 6.42 Å². The molecule has 0 unspecified atom stereocenters. The quantitative estimate of drug-likeness (QED) is 0.685. The molecule has 0 saturated heterocycles. The first-order chi connectivity index (χ1) is 8.18.